The lowest BCUT2D eigenvalue weighted by Crippen LogP contribution is -2.25. The molecule has 0 aromatic carbocycles. The number of nitrogens with one attached hydrogen (secondary N) is 1. The fourth-order valence-corrected chi connectivity index (χ4v) is 1.25. The van der Waals surface area contributed by atoms with E-state index in [4.69, 9.17) is 4.89 Å². The average Bonchev–Trinajstić information content (AvgIpc) is 2.01. The highest BCUT2D eigenvalue weighted by Gasteiger charge is 2.08. The molecule has 2 N–H and O–H groups in total. The molecular formula is C6H13BrNO4P. The van der Waals surface area contributed by atoms with Gasteiger partial charge in [-0.05, 0) is 6.42 Å². The molecule has 1 amide bonds. The molecule has 5 nitrogen and oxygen atoms in total. The van der Waals surface area contributed by atoms with E-state index >= 15 is 0 Å². The van der Waals surface area contributed by atoms with Crippen LogP contribution in [0.1, 0.15) is 6.42 Å². The van der Waals surface area contributed by atoms with Gasteiger partial charge in [0.25, 0.3) is 0 Å². The highest BCUT2D eigenvalue weighted by atomic mass is 79.9. The third-order valence-corrected chi connectivity index (χ3v) is 2.27. The van der Waals surface area contributed by atoms with E-state index in [2.05, 4.69) is 25.8 Å². The van der Waals surface area contributed by atoms with Crippen LogP contribution in [0, 0.1) is 0 Å². The van der Waals surface area contributed by atoms with Crippen molar-refractivity contribution in [2.24, 2.45) is 0 Å². The first-order valence-corrected chi connectivity index (χ1v) is 6.88. The maximum absolute atomic E-state index is 10.7. The number of carbonyl (C=O) groups is 1. The van der Waals surface area contributed by atoms with Crippen LogP contribution in [0.3, 0.4) is 0 Å². The number of rotatable bonds is 6. The predicted molar refractivity (Wildman–Crippen MR) is 53.1 cm³/mol. The van der Waals surface area contributed by atoms with E-state index in [1.165, 1.54) is 0 Å². The van der Waals surface area contributed by atoms with Crippen LogP contribution in [-0.4, -0.2) is 35.9 Å². The normalized spacial score (nSPS) is 15.0. The summed E-state index contributed by atoms with van der Waals surface area (Å²) in [5, 5.41) is 2.85. The fraction of sp³-hybridized carbons (Fsp3) is 0.833. The smallest absolute Gasteiger partial charge is 0.325 e. The van der Waals surface area contributed by atoms with Gasteiger partial charge in [-0.1, -0.05) is 15.9 Å². The number of carbonyl (C=O) groups excluding carboxylic acids is 1. The monoisotopic (exact) mass is 273 g/mol. The predicted octanol–water partition coefficient (Wildman–Crippen LogP) is 0.719. The Kier molecular flexibility index (Phi) is 6.59. The number of alkyl halides is 1. The van der Waals surface area contributed by atoms with Crippen molar-refractivity contribution in [1.29, 1.82) is 0 Å². The van der Waals surface area contributed by atoms with E-state index in [1.54, 1.807) is 0 Å². The van der Waals surface area contributed by atoms with Crippen LogP contribution in [0.25, 0.3) is 0 Å². The molecule has 0 heterocycles. The van der Waals surface area contributed by atoms with E-state index in [1.807, 2.05) is 0 Å². The minimum absolute atomic E-state index is 0.108. The van der Waals surface area contributed by atoms with Crippen molar-refractivity contribution in [3.05, 3.63) is 0 Å². The summed E-state index contributed by atoms with van der Waals surface area (Å²) < 4.78 is 15.2. The van der Waals surface area contributed by atoms with Gasteiger partial charge in [-0.3, -0.25) is 9.36 Å². The van der Waals surface area contributed by atoms with Crippen molar-refractivity contribution in [3.63, 3.8) is 0 Å². The summed E-state index contributed by atoms with van der Waals surface area (Å²) in [6.45, 7) is 1.75. The zero-order valence-electron chi connectivity index (χ0n) is 7.33. The SMILES string of the molecule is CP(=O)(O)OCCCNC(=O)CBr. The van der Waals surface area contributed by atoms with Gasteiger partial charge in [-0.15, -0.1) is 0 Å². The topological polar surface area (TPSA) is 75.6 Å². The van der Waals surface area contributed by atoms with Gasteiger partial charge in [-0.2, -0.15) is 0 Å². The number of amides is 1. The van der Waals surface area contributed by atoms with E-state index < -0.39 is 7.60 Å². The molecule has 0 aromatic heterocycles. The minimum atomic E-state index is -3.36. The van der Waals surface area contributed by atoms with Gasteiger partial charge >= 0.3 is 7.60 Å². The number of halogens is 1. The molecule has 1 unspecified atom stereocenters. The van der Waals surface area contributed by atoms with Crippen molar-refractivity contribution < 1.29 is 18.8 Å². The van der Waals surface area contributed by atoms with Crippen LogP contribution < -0.4 is 5.32 Å². The second-order valence-corrected chi connectivity index (χ2v) is 4.90. The molecule has 0 aromatic rings. The standard InChI is InChI=1S/C6H13BrNO4P/c1-13(10,11)12-4-2-3-8-6(9)5-7/h2-5H2,1H3,(H,8,9)(H,10,11). The van der Waals surface area contributed by atoms with Gasteiger partial charge in [0.2, 0.25) is 5.91 Å². The van der Waals surface area contributed by atoms with E-state index in [-0.39, 0.29) is 17.8 Å². The molecule has 0 spiro atoms. The summed E-state index contributed by atoms with van der Waals surface area (Å²) in [5.74, 6) is -0.108. The Morgan fingerprint density at radius 1 is 1.69 bits per heavy atom. The van der Waals surface area contributed by atoms with Crippen molar-refractivity contribution in [1.82, 2.24) is 5.32 Å². The van der Waals surface area contributed by atoms with Gasteiger partial charge in [0.15, 0.2) is 0 Å². The van der Waals surface area contributed by atoms with Crippen LogP contribution >= 0.6 is 23.5 Å². The van der Waals surface area contributed by atoms with Gasteiger partial charge in [0.05, 0.1) is 11.9 Å². The molecule has 0 aliphatic heterocycles. The van der Waals surface area contributed by atoms with E-state index in [9.17, 15) is 9.36 Å². The van der Waals surface area contributed by atoms with Crippen molar-refractivity contribution in [3.8, 4) is 0 Å². The van der Waals surface area contributed by atoms with Gasteiger partial charge in [0, 0.05) is 13.2 Å². The van der Waals surface area contributed by atoms with E-state index in [0.29, 0.717) is 13.0 Å². The fourth-order valence-electron chi connectivity index (χ4n) is 0.581. The van der Waals surface area contributed by atoms with Crippen LogP contribution in [0.15, 0.2) is 0 Å². The molecule has 78 valence electrons. The van der Waals surface area contributed by atoms with Crippen LogP contribution in [0.2, 0.25) is 0 Å². The molecule has 0 aliphatic rings. The van der Waals surface area contributed by atoms with Gasteiger partial charge in [0.1, 0.15) is 0 Å². The molecule has 13 heavy (non-hydrogen) atoms. The maximum atomic E-state index is 10.7. The summed E-state index contributed by atoms with van der Waals surface area (Å²) in [5.41, 5.74) is 0. The first-order valence-electron chi connectivity index (χ1n) is 3.73. The van der Waals surface area contributed by atoms with Gasteiger partial charge < -0.3 is 14.7 Å². The van der Waals surface area contributed by atoms with Crippen LogP contribution in [0.5, 0.6) is 0 Å². The second-order valence-electron chi connectivity index (χ2n) is 2.47. The Hall–Kier alpha value is 0.1000. The molecule has 0 rings (SSSR count). The highest BCUT2D eigenvalue weighted by Crippen LogP contribution is 2.36. The summed E-state index contributed by atoms with van der Waals surface area (Å²) in [6.07, 6.45) is 0.525. The van der Waals surface area contributed by atoms with Crippen LogP contribution in [-0.2, 0) is 13.9 Å². The second kappa shape index (κ2) is 6.54. The maximum Gasteiger partial charge on any atom is 0.325 e. The molecular weight excluding hydrogens is 261 g/mol. The molecule has 0 aliphatic carbocycles. The molecule has 0 fully saturated rings. The quantitative estimate of drug-likeness (QED) is 0.425. The largest absolute Gasteiger partial charge is 0.355 e. The van der Waals surface area contributed by atoms with Crippen LogP contribution in [0.4, 0.5) is 0 Å². The highest BCUT2D eigenvalue weighted by molar-refractivity contribution is 9.09. The van der Waals surface area contributed by atoms with Crippen molar-refractivity contribution >= 4 is 29.4 Å². The summed E-state index contributed by atoms with van der Waals surface area (Å²) in [6, 6.07) is 0. The Morgan fingerprint density at radius 2 is 2.31 bits per heavy atom. The van der Waals surface area contributed by atoms with Crippen molar-refractivity contribution in [2.75, 3.05) is 25.1 Å². The average molecular weight is 274 g/mol. The Labute approximate surface area is 85.5 Å². The Morgan fingerprint density at radius 3 is 2.77 bits per heavy atom. The summed E-state index contributed by atoms with van der Waals surface area (Å²) in [4.78, 5) is 19.4. The lowest BCUT2D eigenvalue weighted by atomic mass is 10.4. The third kappa shape index (κ3) is 10.0. The lowest BCUT2D eigenvalue weighted by molar-refractivity contribution is -0.118. The molecule has 0 saturated carbocycles. The third-order valence-electron chi connectivity index (χ3n) is 1.10. The Balaban J connectivity index is 3.27. The first kappa shape index (κ1) is 13.1. The first-order chi connectivity index (χ1) is 5.95. The zero-order chi connectivity index (χ0) is 10.3. The lowest BCUT2D eigenvalue weighted by Gasteiger charge is -2.06. The summed E-state index contributed by atoms with van der Waals surface area (Å²) in [7, 11) is -3.36. The van der Waals surface area contributed by atoms with Gasteiger partial charge in [-0.25, -0.2) is 0 Å². The zero-order valence-corrected chi connectivity index (χ0v) is 9.81. The number of hydrogen-bond donors (Lipinski definition) is 2. The molecule has 0 saturated heterocycles. The molecule has 1 atom stereocenters. The molecule has 0 radical (unpaired) electrons. The molecule has 7 heteroatoms. The minimum Gasteiger partial charge on any atom is -0.355 e. The van der Waals surface area contributed by atoms with E-state index in [0.717, 1.165) is 6.66 Å². The van der Waals surface area contributed by atoms with Crippen molar-refractivity contribution in [2.45, 2.75) is 6.42 Å². The Bertz CT molecular complexity index is 205. The summed E-state index contributed by atoms with van der Waals surface area (Å²) >= 11 is 2.99. The number of hydrogen-bond acceptors (Lipinski definition) is 3. The molecule has 0 bridgehead atoms.